The third kappa shape index (κ3) is 5.78. The summed E-state index contributed by atoms with van der Waals surface area (Å²) in [6.45, 7) is 0.220. The van der Waals surface area contributed by atoms with Crippen LogP contribution in [0.4, 0.5) is 0 Å². The maximum atomic E-state index is 12.7. The molecule has 0 saturated carbocycles. The average Bonchev–Trinajstić information content (AvgIpc) is 2.85. The van der Waals surface area contributed by atoms with Gasteiger partial charge in [-0.05, 0) is 42.0 Å². The lowest BCUT2D eigenvalue weighted by molar-refractivity contribution is 0.100. The van der Waals surface area contributed by atoms with Crippen LogP contribution in [-0.4, -0.2) is 25.7 Å². The first kappa shape index (κ1) is 22.1. The Morgan fingerprint density at radius 1 is 0.788 bits per heavy atom. The molecule has 0 aromatic heterocycles. The van der Waals surface area contributed by atoms with Crippen LogP contribution in [-0.2, 0) is 21.4 Å². The van der Waals surface area contributed by atoms with Crippen molar-refractivity contribution in [3.05, 3.63) is 126 Å². The van der Waals surface area contributed by atoms with Crippen LogP contribution in [0, 0.1) is 0 Å². The van der Waals surface area contributed by atoms with Crippen molar-refractivity contribution in [3.8, 4) is 0 Å². The molecule has 1 aliphatic rings. The Morgan fingerprint density at radius 3 is 2.06 bits per heavy atom. The van der Waals surface area contributed by atoms with Gasteiger partial charge >= 0.3 is 0 Å². The van der Waals surface area contributed by atoms with E-state index in [0.29, 0.717) is 5.56 Å². The Kier molecular flexibility index (Phi) is 6.71. The molecular formula is C26H20N2O4S. The zero-order valence-electron chi connectivity index (χ0n) is 17.5. The summed E-state index contributed by atoms with van der Waals surface area (Å²) in [5.41, 5.74) is 1.81. The van der Waals surface area contributed by atoms with Gasteiger partial charge in [-0.15, -0.1) is 0 Å². The highest BCUT2D eigenvalue weighted by Crippen LogP contribution is 2.17. The van der Waals surface area contributed by atoms with Gasteiger partial charge in [-0.1, -0.05) is 66.7 Å². The molecule has 0 atom stereocenters. The van der Waals surface area contributed by atoms with Crippen LogP contribution in [0.1, 0.15) is 15.9 Å². The number of benzene rings is 3. The number of rotatable bonds is 6. The maximum absolute atomic E-state index is 12.7. The molecule has 33 heavy (non-hydrogen) atoms. The third-order valence-corrected chi connectivity index (χ3v) is 6.01. The lowest BCUT2D eigenvalue weighted by atomic mass is 10.1. The van der Waals surface area contributed by atoms with E-state index in [2.05, 4.69) is 9.39 Å². The van der Waals surface area contributed by atoms with Crippen molar-refractivity contribution < 1.29 is 17.9 Å². The van der Waals surface area contributed by atoms with Gasteiger partial charge in [0, 0.05) is 11.6 Å². The first-order valence-corrected chi connectivity index (χ1v) is 11.6. The standard InChI is InChI=1S/C26H20N2O4S/c29-26(21-12-6-2-7-13-21)27-24-17-16-22(28-33(30,31)23-14-8-3-9-15-23)18-25(24)32-19-20-10-4-1-5-11-20/h1-18H,19H2/b27-24?,28-22-. The van der Waals surface area contributed by atoms with Gasteiger partial charge in [0.15, 0.2) is 0 Å². The molecule has 0 aliphatic heterocycles. The van der Waals surface area contributed by atoms with E-state index in [1.165, 1.54) is 30.4 Å². The van der Waals surface area contributed by atoms with E-state index in [0.717, 1.165) is 5.56 Å². The molecule has 0 saturated heterocycles. The normalized spacial score (nSPS) is 15.9. The summed E-state index contributed by atoms with van der Waals surface area (Å²) in [7, 11) is -3.90. The molecule has 7 heteroatoms. The number of sulfonamides is 1. The van der Waals surface area contributed by atoms with Gasteiger partial charge in [0.2, 0.25) is 0 Å². The molecule has 0 bridgehead atoms. The predicted octanol–water partition coefficient (Wildman–Crippen LogP) is 4.77. The van der Waals surface area contributed by atoms with Crippen LogP contribution in [0.5, 0.6) is 0 Å². The van der Waals surface area contributed by atoms with E-state index < -0.39 is 15.9 Å². The van der Waals surface area contributed by atoms with Crippen LogP contribution in [0.2, 0.25) is 0 Å². The Balaban J connectivity index is 1.66. The number of aliphatic imine (C=N–C) groups is 1. The number of hydrogen-bond acceptors (Lipinski definition) is 4. The van der Waals surface area contributed by atoms with E-state index in [1.54, 1.807) is 42.5 Å². The first-order valence-electron chi connectivity index (χ1n) is 10.2. The molecule has 1 amide bonds. The van der Waals surface area contributed by atoms with E-state index in [1.807, 2.05) is 36.4 Å². The van der Waals surface area contributed by atoms with Gasteiger partial charge in [-0.3, -0.25) is 4.79 Å². The maximum Gasteiger partial charge on any atom is 0.282 e. The minimum Gasteiger partial charge on any atom is -0.487 e. The summed E-state index contributed by atoms with van der Waals surface area (Å²) in [5.74, 6) is -0.172. The highest BCUT2D eigenvalue weighted by atomic mass is 32.2. The van der Waals surface area contributed by atoms with Gasteiger partial charge in [0.1, 0.15) is 18.1 Å². The summed E-state index contributed by atoms with van der Waals surface area (Å²) in [4.78, 5) is 16.9. The average molecular weight is 457 g/mol. The van der Waals surface area contributed by atoms with E-state index in [-0.39, 0.29) is 28.7 Å². The van der Waals surface area contributed by atoms with Crippen molar-refractivity contribution in [1.82, 2.24) is 0 Å². The van der Waals surface area contributed by atoms with E-state index >= 15 is 0 Å². The second kappa shape index (κ2) is 10.0. The number of hydrogen-bond donors (Lipinski definition) is 0. The summed E-state index contributed by atoms with van der Waals surface area (Å²) < 4.78 is 35.2. The molecule has 164 valence electrons. The third-order valence-electron chi connectivity index (χ3n) is 4.69. The van der Waals surface area contributed by atoms with Gasteiger partial charge in [0.05, 0.1) is 10.6 Å². The topological polar surface area (TPSA) is 85.2 Å². The second-order valence-corrected chi connectivity index (χ2v) is 8.69. The number of ether oxygens (including phenoxy) is 1. The fourth-order valence-corrected chi connectivity index (χ4v) is 4.04. The van der Waals surface area contributed by atoms with Gasteiger partial charge < -0.3 is 4.74 Å². The zero-order valence-corrected chi connectivity index (χ0v) is 18.4. The van der Waals surface area contributed by atoms with Crippen LogP contribution >= 0.6 is 0 Å². The molecule has 3 aromatic rings. The van der Waals surface area contributed by atoms with E-state index in [9.17, 15) is 13.2 Å². The quantitative estimate of drug-likeness (QED) is 0.500. The number of amides is 1. The van der Waals surface area contributed by atoms with Crippen molar-refractivity contribution >= 4 is 27.4 Å². The highest BCUT2D eigenvalue weighted by Gasteiger charge is 2.18. The zero-order chi connectivity index (χ0) is 23.1. The smallest absolute Gasteiger partial charge is 0.282 e. The molecule has 0 radical (unpaired) electrons. The Bertz CT molecular complexity index is 1360. The summed E-state index contributed by atoms with van der Waals surface area (Å²) in [6.07, 6.45) is 4.49. The Labute approximate surface area is 192 Å². The van der Waals surface area contributed by atoms with Crippen molar-refractivity contribution in [2.24, 2.45) is 9.39 Å². The second-order valence-electron chi connectivity index (χ2n) is 7.09. The summed E-state index contributed by atoms with van der Waals surface area (Å²) in [5, 5.41) is 0. The first-order chi connectivity index (χ1) is 16.0. The van der Waals surface area contributed by atoms with Crippen molar-refractivity contribution in [1.29, 1.82) is 0 Å². The Morgan fingerprint density at radius 2 is 1.39 bits per heavy atom. The molecule has 3 aromatic carbocycles. The van der Waals surface area contributed by atoms with Crippen molar-refractivity contribution in [3.63, 3.8) is 0 Å². The van der Waals surface area contributed by atoms with E-state index in [4.69, 9.17) is 4.74 Å². The SMILES string of the molecule is O=C(N=C1C=C/C(=N/S(=O)(=O)c2ccccc2)C=C1OCc1ccccc1)c1ccccc1. The lowest BCUT2D eigenvalue weighted by Gasteiger charge is -2.14. The Hall–Kier alpha value is -4.10. The van der Waals surface area contributed by atoms with Crippen molar-refractivity contribution in [2.45, 2.75) is 11.5 Å². The molecule has 0 unspecified atom stereocenters. The molecular weight excluding hydrogens is 436 g/mol. The van der Waals surface area contributed by atoms with Gasteiger partial charge in [-0.25, -0.2) is 4.99 Å². The fourth-order valence-electron chi connectivity index (χ4n) is 3.04. The molecule has 0 N–H and O–H groups in total. The van der Waals surface area contributed by atoms with Crippen LogP contribution in [0.3, 0.4) is 0 Å². The lowest BCUT2D eigenvalue weighted by Crippen LogP contribution is -2.14. The number of carbonyl (C=O) groups is 1. The number of allylic oxidation sites excluding steroid dienone is 3. The minimum atomic E-state index is -3.90. The van der Waals surface area contributed by atoms with Gasteiger partial charge in [0.25, 0.3) is 15.9 Å². The van der Waals surface area contributed by atoms with Crippen molar-refractivity contribution in [2.75, 3.05) is 0 Å². The fraction of sp³-hybridized carbons (Fsp3) is 0.0385. The predicted molar refractivity (Wildman–Crippen MR) is 128 cm³/mol. The van der Waals surface area contributed by atoms with Crippen LogP contribution in [0.25, 0.3) is 0 Å². The van der Waals surface area contributed by atoms with Crippen LogP contribution in [0.15, 0.2) is 129 Å². The molecule has 0 fully saturated rings. The number of carbonyl (C=O) groups excluding carboxylic acids is 1. The largest absolute Gasteiger partial charge is 0.487 e. The number of nitrogens with zero attached hydrogens (tertiary/aromatic N) is 2. The molecule has 6 nitrogen and oxygen atoms in total. The molecule has 1 aliphatic carbocycles. The molecule has 0 heterocycles. The van der Waals surface area contributed by atoms with Crippen LogP contribution < -0.4 is 0 Å². The summed E-state index contributed by atoms with van der Waals surface area (Å²) in [6, 6.07) is 26.1. The van der Waals surface area contributed by atoms with Gasteiger partial charge in [-0.2, -0.15) is 12.8 Å². The minimum absolute atomic E-state index is 0.0878. The molecule has 4 rings (SSSR count). The molecule has 0 spiro atoms. The highest BCUT2D eigenvalue weighted by molar-refractivity contribution is 7.90. The monoisotopic (exact) mass is 456 g/mol. The summed E-state index contributed by atoms with van der Waals surface area (Å²) >= 11 is 0.